The predicted octanol–water partition coefficient (Wildman–Crippen LogP) is 4.92. The highest BCUT2D eigenvalue weighted by Crippen LogP contribution is 2.25. The Morgan fingerprint density at radius 1 is 0.920 bits per heavy atom. The van der Waals surface area contributed by atoms with E-state index in [1.165, 1.54) is 0 Å². The molecule has 5 heteroatoms. The lowest BCUT2D eigenvalue weighted by Crippen LogP contribution is -1.94. The smallest absolute Gasteiger partial charge is 0.159 e. The highest BCUT2D eigenvalue weighted by Gasteiger charge is 2.09. The number of carbonyl (C=O) groups is 1. The number of ketones is 1. The summed E-state index contributed by atoms with van der Waals surface area (Å²) in [7, 11) is 0. The molecule has 0 radical (unpaired) electrons. The maximum Gasteiger partial charge on any atom is 0.159 e. The first-order valence-corrected chi connectivity index (χ1v) is 8.20. The van der Waals surface area contributed by atoms with E-state index in [1.807, 2.05) is 65.3 Å². The largest absolute Gasteiger partial charge is 0.296 e. The molecule has 0 aliphatic heterocycles. The first-order valence-electron chi connectivity index (χ1n) is 7.82. The van der Waals surface area contributed by atoms with E-state index >= 15 is 0 Å². The number of aromatic nitrogens is 3. The molecule has 4 rings (SSSR count). The van der Waals surface area contributed by atoms with Crippen LogP contribution in [0.2, 0.25) is 5.02 Å². The monoisotopic (exact) mass is 347 g/mol. The Morgan fingerprint density at radius 2 is 1.60 bits per heavy atom. The highest BCUT2D eigenvalue weighted by molar-refractivity contribution is 6.30. The van der Waals surface area contributed by atoms with E-state index in [2.05, 4.69) is 9.97 Å². The fraction of sp³-hybridized carbons (Fsp3) is 0.0500. The molecule has 0 spiro atoms. The molecule has 0 fully saturated rings. The van der Waals surface area contributed by atoms with E-state index in [0.29, 0.717) is 10.6 Å². The summed E-state index contributed by atoms with van der Waals surface area (Å²) < 4.78 is 2.00. The molecule has 2 aromatic carbocycles. The lowest BCUT2D eigenvalue weighted by Gasteiger charge is -2.06. The summed E-state index contributed by atoms with van der Waals surface area (Å²) in [6.45, 7) is 1.56. The number of nitrogens with zero attached hydrogens (tertiary/aromatic N) is 3. The predicted molar refractivity (Wildman–Crippen MR) is 98.9 cm³/mol. The van der Waals surface area contributed by atoms with E-state index in [0.717, 1.165) is 28.2 Å². The SMILES string of the molecule is CC(=O)c1ccc(-c2cn3c(-c4ccc(Cl)cc4)cnc3cn2)cc1. The third-order valence-electron chi connectivity index (χ3n) is 4.12. The van der Waals surface area contributed by atoms with Crippen molar-refractivity contribution in [1.29, 1.82) is 0 Å². The van der Waals surface area contributed by atoms with Crippen LogP contribution in [0.5, 0.6) is 0 Å². The third-order valence-corrected chi connectivity index (χ3v) is 4.38. The van der Waals surface area contributed by atoms with Gasteiger partial charge in [-0.05, 0) is 19.1 Å². The van der Waals surface area contributed by atoms with Gasteiger partial charge in [-0.2, -0.15) is 0 Å². The highest BCUT2D eigenvalue weighted by atomic mass is 35.5. The van der Waals surface area contributed by atoms with Gasteiger partial charge in [0.05, 0.1) is 23.8 Å². The van der Waals surface area contributed by atoms with Crippen LogP contribution >= 0.6 is 11.6 Å². The van der Waals surface area contributed by atoms with Crippen LogP contribution in [0.3, 0.4) is 0 Å². The van der Waals surface area contributed by atoms with E-state index in [-0.39, 0.29) is 5.78 Å². The van der Waals surface area contributed by atoms with Gasteiger partial charge in [0.2, 0.25) is 0 Å². The van der Waals surface area contributed by atoms with E-state index in [9.17, 15) is 4.79 Å². The average molecular weight is 348 g/mol. The summed E-state index contributed by atoms with van der Waals surface area (Å²) >= 11 is 5.98. The van der Waals surface area contributed by atoms with Crippen molar-refractivity contribution < 1.29 is 4.79 Å². The maximum absolute atomic E-state index is 11.4. The second-order valence-electron chi connectivity index (χ2n) is 5.78. The van der Waals surface area contributed by atoms with Gasteiger partial charge in [0.1, 0.15) is 0 Å². The lowest BCUT2D eigenvalue weighted by atomic mass is 10.1. The summed E-state index contributed by atoms with van der Waals surface area (Å²) in [5.41, 5.74) is 5.22. The molecule has 0 bridgehead atoms. The Balaban J connectivity index is 1.80. The Kier molecular flexibility index (Phi) is 3.82. The van der Waals surface area contributed by atoms with E-state index in [1.54, 1.807) is 13.1 Å². The van der Waals surface area contributed by atoms with Crippen LogP contribution < -0.4 is 0 Å². The molecule has 0 atom stereocenters. The van der Waals surface area contributed by atoms with Gasteiger partial charge >= 0.3 is 0 Å². The minimum Gasteiger partial charge on any atom is -0.296 e. The zero-order valence-corrected chi connectivity index (χ0v) is 14.2. The number of hydrogen-bond acceptors (Lipinski definition) is 3. The lowest BCUT2D eigenvalue weighted by molar-refractivity contribution is 0.101. The molecule has 25 heavy (non-hydrogen) atoms. The zero-order valence-electron chi connectivity index (χ0n) is 13.5. The Bertz CT molecular complexity index is 1070. The number of benzene rings is 2. The fourth-order valence-corrected chi connectivity index (χ4v) is 2.87. The van der Waals surface area contributed by atoms with E-state index in [4.69, 9.17) is 11.6 Å². The van der Waals surface area contributed by atoms with Gasteiger partial charge in [-0.25, -0.2) is 4.98 Å². The normalized spacial score (nSPS) is 11.0. The van der Waals surface area contributed by atoms with Gasteiger partial charge < -0.3 is 0 Å². The van der Waals surface area contributed by atoms with E-state index < -0.39 is 0 Å². The second-order valence-corrected chi connectivity index (χ2v) is 6.22. The number of rotatable bonds is 3. The molecular formula is C20H14ClN3O. The number of hydrogen-bond donors (Lipinski definition) is 0. The first kappa shape index (κ1) is 15.5. The summed E-state index contributed by atoms with van der Waals surface area (Å²) in [6.07, 6.45) is 5.52. The van der Waals surface area contributed by atoms with Crippen molar-refractivity contribution in [2.75, 3.05) is 0 Å². The second kappa shape index (κ2) is 6.15. The van der Waals surface area contributed by atoms with Crippen molar-refractivity contribution in [2.45, 2.75) is 6.92 Å². The van der Waals surface area contributed by atoms with Crippen molar-refractivity contribution >= 4 is 23.0 Å². The molecular weight excluding hydrogens is 334 g/mol. The molecule has 4 nitrogen and oxygen atoms in total. The Hall–Kier alpha value is -2.98. The Labute approximate surface area is 149 Å². The number of carbonyl (C=O) groups excluding carboxylic acids is 1. The van der Waals surface area contributed by atoms with Crippen LogP contribution in [0, 0.1) is 0 Å². The molecule has 4 aromatic rings. The molecule has 0 amide bonds. The number of fused-ring (bicyclic) bond motifs is 1. The minimum absolute atomic E-state index is 0.0506. The molecule has 0 aliphatic rings. The molecule has 0 N–H and O–H groups in total. The van der Waals surface area contributed by atoms with Gasteiger partial charge in [0, 0.05) is 27.9 Å². The van der Waals surface area contributed by atoms with Crippen LogP contribution in [0.15, 0.2) is 67.1 Å². The van der Waals surface area contributed by atoms with Crippen molar-refractivity contribution in [3.8, 4) is 22.5 Å². The van der Waals surface area contributed by atoms with Crippen molar-refractivity contribution in [3.63, 3.8) is 0 Å². The first-order chi connectivity index (χ1) is 12.1. The summed E-state index contributed by atoms with van der Waals surface area (Å²) in [5, 5.41) is 0.700. The molecule has 0 saturated carbocycles. The number of imidazole rings is 1. The summed E-state index contributed by atoms with van der Waals surface area (Å²) in [6, 6.07) is 15.1. The molecule has 0 saturated heterocycles. The minimum atomic E-state index is 0.0506. The molecule has 2 aromatic heterocycles. The molecule has 0 unspecified atom stereocenters. The number of halogens is 1. The summed E-state index contributed by atoms with van der Waals surface area (Å²) in [4.78, 5) is 20.3. The Morgan fingerprint density at radius 3 is 2.28 bits per heavy atom. The van der Waals surface area contributed by atoms with Crippen molar-refractivity contribution in [2.24, 2.45) is 0 Å². The summed E-state index contributed by atoms with van der Waals surface area (Å²) in [5.74, 6) is 0.0506. The van der Waals surface area contributed by atoms with Crippen LogP contribution in [0.25, 0.3) is 28.2 Å². The number of Topliss-reactive ketones (excluding diaryl/α,β-unsaturated/α-hetero) is 1. The zero-order chi connectivity index (χ0) is 17.4. The van der Waals surface area contributed by atoms with Gasteiger partial charge in [0.25, 0.3) is 0 Å². The van der Waals surface area contributed by atoms with Gasteiger partial charge in [-0.1, -0.05) is 48.0 Å². The third kappa shape index (κ3) is 2.92. The molecule has 122 valence electrons. The maximum atomic E-state index is 11.4. The van der Waals surface area contributed by atoms with Crippen LogP contribution in [0.4, 0.5) is 0 Å². The molecule has 2 heterocycles. The van der Waals surface area contributed by atoms with Gasteiger partial charge in [0.15, 0.2) is 11.4 Å². The topological polar surface area (TPSA) is 47.3 Å². The van der Waals surface area contributed by atoms with Crippen molar-refractivity contribution in [1.82, 2.24) is 14.4 Å². The van der Waals surface area contributed by atoms with Crippen molar-refractivity contribution in [3.05, 3.63) is 77.7 Å². The van der Waals surface area contributed by atoms with Crippen LogP contribution in [0.1, 0.15) is 17.3 Å². The van der Waals surface area contributed by atoms with Gasteiger partial charge in [-0.3, -0.25) is 14.2 Å². The average Bonchev–Trinajstić information content (AvgIpc) is 3.05. The quantitative estimate of drug-likeness (QED) is 0.494. The van der Waals surface area contributed by atoms with Crippen LogP contribution in [-0.4, -0.2) is 20.2 Å². The van der Waals surface area contributed by atoms with Crippen LogP contribution in [-0.2, 0) is 0 Å². The fourth-order valence-electron chi connectivity index (χ4n) is 2.75. The van der Waals surface area contributed by atoms with Gasteiger partial charge in [-0.15, -0.1) is 0 Å². The standard InChI is InChI=1S/C20H14ClN3O/c1-13(25)14-2-4-15(5-3-14)18-12-24-19(10-23-20(24)11-22-18)16-6-8-17(21)9-7-16/h2-12H,1H3. The molecule has 0 aliphatic carbocycles.